The summed E-state index contributed by atoms with van der Waals surface area (Å²) >= 11 is 0. The molecule has 2 heteroatoms. The summed E-state index contributed by atoms with van der Waals surface area (Å²) in [5, 5.41) is 3.23. The second kappa shape index (κ2) is 7.03. The van der Waals surface area contributed by atoms with E-state index >= 15 is 0 Å². The van der Waals surface area contributed by atoms with Gasteiger partial charge in [-0.15, -0.1) is 11.8 Å². The van der Waals surface area contributed by atoms with Crippen LogP contribution in [-0.2, 0) is 6.42 Å². The van der Waals surface area contributed by atoms with Crippen LogP contribution in [0.25, 0.3) is 0 Å². The molecule has 1 nitrogen and oxygen atoms in total. The molecule has 0 aromatic heterocycles. The molecule has 0 bridgehead atoms. The van der Waals surface area contributed by atoms with Crippen LogP contribution in [0.1, 0.15) is 18.9 Å². The third-order valence-corrected chi connectivity index (χ3v) is 2.13. The van der Waals surface area contributed by atoms with Crippen molar-refractivity contribution in [2.24, 2.45) is 0 Å². The van der Waals surface area contributed by atoms with Crippen LogP contribution in [0.4, 0.5) is 4.39 Å². The van der Waals surface area contributed by atoms with Gasteiger partial charge in [0.15, 0.2) is 0 Å². The second-order valence-corrected chi connectivity index (χ2v) is 3.27. The van der Waals surface area contributed by atoms with Crippen molar-refractivity contribution < 1.29 is 4.39 Å². The van der Waals surface area contributed by atoms with Gasteiger partial charge in [-0.2, -0.15) is 0 Å². The van der Waals surface area contributed by atoms with E-state index in [2.05, 4.69) is 17.2 Å². The van der Waals surface area contributed by atoms with E-state index in [-0.39, 0.29) is 5.82 Å². The van der Waals surface area contributed by atoms with Gasteiger partial charge < -0.3 is 5.32 Å². The second-order valence-electron chi connectivity index (χ2n) is 3.27. The summed E-state index contributed by atoms with van der Waals surface area (Å²) in [6, 6.07) is 6.89. The molecule has 0 aliphatic carbocycles. The first-order chi connectivity index (χ1) is 7.34. The number of nitrogens with one attached hydrogen (secondary N) is 1. The molecule has 1 aromatic carbocycles. The third kappa shape index (κ3) is 4.62. The van der Waals surface area contributed by atoms with E-state index in [9.17, 15) is 4.39 Å². The van der Waals surface area contributed by atoms with Crippen molar-refractivity contribution in [1.82, 2.24) is 5.32 Å². The van der Waals surface area contributed by atoms with Crippen LogP contribution in [0.15, 0.2) is 24.3 Å². The topological polar surface area (TPSA) is 12.0 Å². The fraction of sp³-hybridized carbons (Fsp3) is 0.385. The van der Waals surface area contributed by atoms with Gasteiger partial charge >= 0.3 is 0 Å². The van der Waals surface area contributed by atoms with E-state index < -0.39 is 0 Å². The van der Waals surface area contributed by atoms with Gasteiger partial charge in [-0.25, -0.2) is 4.39 Å². The average molecular weight is 205 g/mol. The lowest BCUT2D eigenvalue weighted by molar-refractivity contribution is 0.599. The summed E-state index contributed by atoms with van der Waals surface area (Å²) in [5.74, 6) is 5.69. The molecule has 0 atom stereocenters. The molecule has 0 saturated carbocycles. The summed E-state index contributed by atoms with van der Waals surface area (Å²) in [6.45, 7) is 3.50. The van der Waals surface area contributed by atoms with Gasteiger partial charge in [0.05, 0.1) is 0 Å². The molecular formula is C13H16FN. The maximum Gasteiger partial charge on any atom is 0.126 e. The number of benzene rings is 1. The SMILES string of the molecule is CC#CCCNCCc1ccccc1F. The van der Waals surface area contributed by atoms with Crippen LogP contribution in [0, 0.1) is 17.7 Å². The zero-order chi connectivity index (χ0) is 10.9. The van der Waals surface area contributed by atoms with E-state index in [1.807, 2.05) is 19.1 Å². The zero-order valence-electron chi connectivity index (χ0n) is 9.02. The molecule has 1 N–H and O–H groups in total. The van der Waals surface area contributed by atoms with Crippen molar-refractivity contribution in [3.05, 3.63) is 35.6 Å². The lowest BCUT2D eigenvalue weighted by Crippen LogP contribution is -2.18. The van der Waals surface area contributed by atoms with Crippen LogP contribution >= 0.6 is 0 Å². The van der Waals surface area contributed by atoms with E-state index in [4.69, 9.17) is 0 Å². The van der Waals surface area contributed by atoms with Crippen molar-refractivity contribution in [3.63, 3.8) is 0 Å². The third-order valence-electron chi connectivity index (χ3n) is 2.13. The highest BCUT2D eigenvalue weighted by Crippen LogP contribution is 2.05. The molecule has 80 valence electrons. The first kappa shape index (κ1) is 11.7. The van der Waals surface area contributed by atoms with Gasteiger partial charge in [0.25, 0.3) is 0 Å². The Hall–Kier alpha value is -1.33. The normalized spacial score (nSPS) is 9.47. The molecule has 0 saturated heterocycles. The lowest BCUT2D eigenvalue weighted by atomic mass is 10.1. The summed E-state index contributed by atoms with van der Waals surface area (Å²) < 4.78 is 13.2. The van der Waals surface area contributed by atoms with Gasteiger partial charge in [-0.1, -0.05) is 18.2 Å². The monoisotopic (exact) mass is 205 g/mol. The van der Waals surface area contributed by atoms with E-state index in [1.54, 1.807) is 6.07 Å². The summed E-state index contributed by atoms with van der Waals surface area (Å²) in [4.78, 5) is 0. The summed E-state index contributed by atoms with van der Waals surface area (Å²) in [6.07, 6.45) is 1.58. The Labute approximate surface area is 90.7 Å². The molecule has 0 spiro atoms. The zero-order valence-corrected chi connectivity index (χ0v) is 9.02. The Bertz CT molecular complexity index is 349. The molecule has 0 aliphatic rings. The maximum atomic E-state index is 13.2. The Kier molecular flexibility index (Phi) is 5.50. The summed E-state index contributed by atoms with van der Waals surface area (Å²) in [7, 11) is 0. The standard InChI is InChI=1S/C13H16FN/c1-2-3-6-10-15-11-9-12-7-4-5-8-13(12)14/h4-5,7-8,15H,6,9-11H2,1H3. The fourth-order valence-electron chi connectivity index (χ4n) is 1.33. The lowest BCUT2D eigenvalue weighted by Gasteiger charge is -2.03. The molecule has 1 aromatic rings. The van der Waals surface area contributed by atoms with Crippen LogP contribution < -0.4 is 5.32 Å². The van der Waals surface area contributed by atoms with E-state index in [1.165, 1.54) is 6.07 Å². The Morgan fingerprint density at radius 1 is 1.27 bits per heavy atom. The van der Waals surface area contributed by atoms with Gasteiger partial charge in [0, 0.05) is 13.0 Å². The van der Waals surface area contributed by atoms with Gasteiger partial charge in [-0.3, -0.25) is 0 Å². The number of halogens is 1. The van der Waals surface area contributed by atoms with Crippen LogP contribution in [0.2, 0.25) is 0 Å². The molecule has 15 heavy (non-hydrogen) atoms. The molecule has 0 heterocycles. The highest BCUT2D eigenvalue weighted by Gasteiger charge is 1.98. The van der Waals surface area contributed by atoms with Crippen molar-refractivity contribution in [1.29, 1.82) is 0 Å². The minimum absolute atomic E-state index is 0.118. The largest absolute Gasteiger partial charge is 0.315 e. The maximum absolute atomic E-state index is 13.2. The average Bonchev–Trinajstić information content (AvgIpc) is 2.25. The smallest absolute Gasteiger partial charge is 0.126 e. The molecule has 0 amide bonds. The first-order valence-electron chi connectivity index (χ1n) is 5.18. The van der Waals surface area contributed by atoms with E-state index in [0.717, 1.165) is 31.5 Å². The highest BCUT2D eigenvalue weighted by molar-refractivity contribution is 5.17. The predicted molar refractivity (Wildman–Crippen MR) is 61.0 cm³/mol. The molecule has 0 radical (unpaired) electrons. The first-order valence-corrected chi connectivity index (χ1v) is 5.18. The number of rotatable bonds is 5. The molecule has 1 rings (SSSR count). The quantitative estimate of drug-likeness (QED) is 0.575. The van der Waals surface area contributed by atoms with Gasteiger partial charge in [0.1, 0.15) is 5.82 Å². The molecular weight excluding hydrogens is 189 g/mol. The van der Waals surface area contributed by atoms with Crippen molar-refractivity contribution in [2.45, 2.75) is 19.8 Å². The number of hydrogen-bond acceptors (Lipinski definition) is 1. The van der Waals surface area contributed by atoms with Crippen molar-refractivity contribution in [2.75, 3.05) is 13.1 Å². The molecule has 0 aliphatic heterocycles. The van der Waals surface area contributed by atoms with Crippen molar-refractivity contribution in [3.8, 4) is 11.8 Å². The molecule has 0 fully saturated rings. The number of hydrogen-bond donors (Lipinski definition) is 1. The van der Waals surface area contributed by atoms with Crippen LogP contribution in [0.5, 0.6) is 0 Å². The summed E-state index contributed by atoms with van der Waals surface area (Å²) in [5.41, 5.74) is 0.770. The minimum Gasteiger partial charge on any atom is -0.315 e. The predicted octanol–water partition coefficient (Wildman–Crippen LogP) is 2.37. The Morgan fingerprint density at radius 3 is 2.80 bits per heavy atom. The van der Waals surface area contributed by atoms with Crippen LogP contribution in [0.3, 0.4) is 0 Å². The fourth-order valence-corrected chi connectivity index (χ4v) is 1.33. The Morgan fingerprint density at radius 2 is 2.07 bits per heavy atom. The van der Waals surface area contributed by atoms with Crippen molar-refractivity contribution >= 4 is 0 Å². The highest BCUT2D eigenvalue weighted by atomic mass is 19.1. The van der Waals surface area contributed by atoms with Crippen LogP contribution in [-0.4, -0.2) is 13.1 Å². The van der Waals surface area contributed by atoms with Gasteiger partial charge in [-0.05, 0) is 31.5 Å². The Balaban J connectivity index is 2.19. The molecule has 0 unspecified atom stereocenters. The van der Waals surface area contributed by atoms with E-state index in [0.29, 0.717) is 0 Å². The van der Waals surface area contributed by atoms with Gasteiger partial charge in [0.2, 0.25) is 0 Å². The minimum atomic E-state index is -0.118.